The van der Waals surface area contributed by atoms with Crippen LogP contribution >= 0.6 is 0 Å². The van der Waals surface area contributed by atoms with Crippen molar-refractivity contribution in [2.45, 2.75) is 33.2 Å². The van der Waals surface area contributed by atoms with Gasteiger partial charge in [0, 0.05) is 19.2 Å². The molecule has 0 fully saturated rings. The van der Waals surface area contributed by atoms with Gasteiger partial charge in [-0.05, 0) is 31.4 Å². The van der Waals surface area contributed by atoms with E-state index in [4.69, 9.17) is 0 Å². The van der Waals surface area contributed by atoms with Crippen LogP contribution < -0.4 is 0 Å². The summed E-state index contributed by atoms with van der Waals surface area (Å²) in [6.45, 7) is 4.75. The van der Waals surface area contributed by atoms with Crippen LogP contribution in [-0.2, 0) is 13.0 Å². The van der Waals surface area contributed by atoms with Crippen LogP contribution in [0, 0.1) is 6.92 Å². The van der Waals surface area contributed by atoms with Crippen LogP contribution in [0.1, 0.15) is 35.1 Å². The zero-order valence-electron chi connectivity index (χ0n) is 7.55. The monoisotopic (exact) mass is 163 g/mol. The van der Waals surface area contributed by atoms with Crippen molar-refractivity contribution in [3.8, 4) is 0 Å². The number of carbonyl (C=O) groups excluding carboxylic acids is 1. The maximum absolute atomic E-state index is 11.2. The highest BCUT2D eigenvalue weighted by Gasteiger charge is 2.18. The Hall–Kier alpha value is -1.05. The van der Waals surface area contributed by atoms with E-state index in [1.54, 1.807) is 6.92 Å². The van der Waals surface area contributed by atoms with E-state index in [1.807, 2.05) is 6.07 Å². The van der Waals surface area contributed by atoms with Gasteiger partial charge in [-0.3, -0.25) is 4.79 Å². The van der Waals surface area contributed by atoms with E-state index in [0.717, 1.165) is 18.7 Å². The Labute approximate surface area is 72.2 Å². The van der Waals surface area contributed by atoms with Crippen LogP contribution in [0.25, 0.3) is 0 Å². The first-order chi connectivity index (χ1) is 5.70. The first-order valence-electron chi connectivity index (χ1n) is 4.40. The maximum Gasteiger partial charge on any atom is 0.176 e. The highest BCUT2D eigenvalue weighted by atomic mass is 16.1. The topological polar surface area (TPSA) is 22.0 Å². The highest BCUT2D eigenvalue weighted by molar-refractivity contribution is 5.93. The fourth-order valence-electron chi connectivity index (χ4n) is 2.01. The van der Waals surface area contributed by atoms with Gasteiger partial charge in [-0.1, -0.05) is 0 Å². The third-order valence-corrected chi connectivity index (χ3v) is 2.58. The van der Waals surface area contributed by atoms with E-state index >= 15 is 0 Å². The SMILES string of the molecule is CC(=O)c1cc(C)c2n1CCC2. The molecule has 0 saturated heterocycles. The van der Waals surface area contributed by atoms with Crippen LogP contribution in [0.3, 0.4) is 0 Å². The number of hydrogen-bond donors (Lipinski definition) is 0. The molecule has 0 N–H and O–H groups in total. The predicted octanol–water partition coefficient (Wildman–Crippen LogP) is 1.95. The van der Waals surface area contributed by atoms with Crippen molar-refractivity contribution in [2.75, 3.05) is 0 Å². The Bertz CT molecular complexity index is 336. The summed E-state index contributed by atoms with van der Waals surface area (Å²) >= 11 is 0. The number of fused-ring (bicyclic) bond motifs is 1. The van der Waals surface area contributed by atoms with Crippen molar-refractivity contribution in [1.82, 2.24) is 4.57 Å². The fourth-order valence-corrected chi connectivity index (χ4v) is 2.01. The molecule has 0 amide bonds. The molecule has 1 aliphatic rings. The van der Waals surface area contributed by atoms with Gasteiger partial charge in [-0.25, -0.2) is 0 Å². The van der Waals surface area contributed by atoms with Crippen molar-refractivity contribution < 1.29 is 4.79 Å². The second-order valence-corrected chi connectivity index (χ2v) is 3.47. The van der Waals surface area contributed by atoms with E-state index < -0.39 is 0 Å². The Kier molecular flexibility index (Phi) is 1.56. The van der Waals surface area contributed by atoms with Crippen molar-refractivity contribution >= 4 is 5.78 Å². The van der Waals surface area contributed by atoms with Crippen LogP contribution in [-0.4, -0.2) is 10.4 Å². The molecule has 2 heteroatoms. The van der Waals surface area contributed by atoms with Gasteiger partial charge >= 0.3 is 0 Å². The van der Waals surface area contributed by atoms with Gasteiger partial charge < -0.3 is 4.57 Å². The summed E-state index contributed by atoms with van der Waals surface area (Å²) in [4.78, 5) is 11.2. The number of rotatable bonds is 1. The van der Waals surface area contributed by atoms with Crippen molar-refractivity contribution in [2.24, 2.45) is 0 Å². The molecule has 0 atom stereocenters. The largest absolute Gasteiger partial charge is 0.342 e. The van der Waals surface area contributed by atoms with Crippen LogP contribution in [0.15, 0.2) is 6.07 Å². The molecule has 0 radical (unpaired) electrons. The normalized spacial score (nSPS) is 14.8. The molecule has 1 aromatic rings. The van der Waals surface area contributed by atoms with Gasteiger partial charge in [0.1, 0.15) is 0 Å². The number of aromatic nitrogens is 1. The van der Waals surface area contributed by atoms with Crippen molar-refractivity contribution in [3.05, 3.63) is 23.0 Å². The Morgan fingerprint density at radius 2 is 2.33 bits per heavy atom. The minimum absolute atomic E-state index is 0.186. The number of ketones is 1. The maximum atomic E-state index is 11.2. The molecule has 12 heavy (non-hydrogen) atoms. The van der Waals surface area contributed by atoms with E-state index in [0.29, 0.717) is 0 Å². The van der Waals surface area contributed by atoms with Crippen LogP contribution in [0.2, 0.25) is 0 Å². The molecular formula is C10H13NO. The van der Waals surface area contributed by atoms with Gasteiger partial charge in [0.25, 0.3) is 0 Å². The van der Waals surface area contributed by atoms with Gasteiger partial charge in [0.2, 0.25) is 0 Å². The second-order valence-electron chi connectivity index (χ2n) is 3.47. The lowest BCUT2D eigenvalue weighted by Gasteiger charge is -2.00. The molecule has 0 unspecified atom stereocenters. The number of carbonyl (C=O) groups is 1. The smallest absolute Gasteiger partial charge is 0.176 e. The van der Waals surface area contributed by atoms with Crippen LogP contribution in [0.5, 0.6) is 0 Å². The number of hydrogen-bond acceptors (Lipinski definition) is 1. The summed E-state index contributed by atoms with van der Waals surface area (Å²) in [7, 11) is 0. The number of nitrogens with zero attached hydrogens (tertiary/aromatic N) is 1. The Morgan fingerprint density at radius 3 is 3.00 bits per heavy atom. The summed E-state index contributed by atoms with van der Waals surface area (Å²) in [6, 6.07) is 2.01. The van der Waals surface area contributed by atoms with Crippen LogP contribution in [0.4, 0.5) is 0 Å². The minimum atomic E-state index is 0.186. The molecule has 1 aromatic heterocycles. The molecule has 64 valence electrons. The van der Waals surface area contributed by atoms with Gasteiger partial charge in [-0.2, -0.15) is 0 Å². The highest BCUT2D eigenvalue weighted by Crippen LogP contribution is 2.23. The molecule has 0 spiro atoms. The van der Waals surface area contributed by atoms with Crippen molar-refractivity contribution in [1.29, 1.82) is 0 Å². The standard InChI is InChI=1S/C10H13NO/c1-7-6-10(8(2)12)11-5-3-4-9(7)11/h6H,3-5H2,1-2H3. The average molecular weight is 163 g/mol. The van der Waals surface area contributed by atoms with Gasteiger partial charge in [0.15, 0.2) is 5.78 Å². The first-order valence-corrected chi connectivity index (χ1v) is 4.40. The van der Waals surface area contributed by atoms with Gasteiger partial charge in [0.05, 0.1) is 5.69 Å². The average Bonchev–Trinajstić information content (AvgIpc) is 2.53. The molecule has 0 aliphatic carbocycles. The van der Waals surface area contributed by atoms with E-state index in [2.05, 4.69) is 11.5 Å². The number of Topliss-reactive ketones (excluding diaryl/α,β-unsaturated/α-hetero) is 1. The molecule has 1 aliphatic heterocycles. The van der Waals surface area contributed by atoms with Gasteiger partial charge in [-0.15, -0.1) is 0 Å². The molecule has 0 aromatic carbocycles. The van der Waals surface area contributed by atoms with E-state index in [-0.39, 0.29) is 5.78 Å². The molecule has 2 nitrogen and oxygen atoms in total. The summed E-state index contributed by atoms with van der Waals surface area (Å²) in [5.74, 6) is 0.186. The minimum Gasteiger partial charge on any atom is -0.342 e. The molecular weight excluding hydrogens is 150 g/mol. The third kappa shape index (κ3) is 0.909. The summed E-state index contributed by atoms with van der Waals surface area (Å²) < 4.78 is 2.16. The molecule has 2 heterocycles. The van der Waals surface area contributed by atoms with Crippen molar-refractivity contribution in [3.63, 3.8) is 0 Å². The fraction of sp³-hybridized carbons (Fsp3) is 0.500. The molecule has 2 rings (SSSR count). The zero-order chi connectivity index (χ0) is 8.72. The summed E-state index contributed by atoms with van der Waals surface area (Å²) in [6.07, 6.45) is 2.33. The quantitative estimate of drug-likeness (QED) is 0.580. The third-order valence-electron chi connectivity index (χ3n) is 2.58. The second kappa shape index (κ2) is 2.47. The first kappa shape index (κ1) is 7.59. The molecule has 0 saturated carbocycles. The summed E-state index contributed by atoms with van der Waals surface area (Å²) in [5, 5.41) is 0. The van der Waals surface area contributed by atoms with E-state index in [1.165, 1.54) is 17.7 Å². The lowest BCUT2D eigenvalue weighted by molar-refractivity contribution is 0.100. The zero-order valence-corrected chi connectivity index (χ0v) is 7.55. The lowest BCUT2D eigenvalue weighted by Crippen LogP contribution is -2.03. The lowest BCUT2D eigenvalue weighted by atomic mass is 10.2. The summed E-state index contributed by atoms with van der Waals surface area (Å²) in [5.41, 5.74) is 3.53. The van der Waals surface area contributed by atoms with E-state index in [9.17, 15) is 4.79 Å². The predicted molar refractivity (Wildman–Crippen MR) is 47.5 cm³/mol. The molecule has 0 bridgehead atoms. The Morgan fingerprint density at radius 1 is 1.58 bits per heavy atom. The Balaban J connectivity index is 2.58. The number of aryl methyl sites for hydroxylation is 1.